The molecule has 1 aromatic rings. The van der Waals surface area contributed by atoms with Gasteiger partial charge in [-0.1, -0.05) is 26.0 Å². The molecule has 1 rings (SSSR count). The summed E-state index contributed by atoms with van der Waals surface area (Å²) in [5.41, 5.74) is 0.384. The molecule has 0 heterocycles. The Morgan fingerprint density at radius 3 is 2.78 bits per heavy atom. The quantitative estimate of drug-likeness (QED) is 0.328. The fraction of sp³-hybridized carbons (Fsp3) is 0.462. The largest absolute Gasteiger partial charge is 0.293 e. The van der Waals surface area contributed by atoms with Gasteiger partial charge in [-0.3, -0.25) is 14.9 Å². The number of ketones is 1. The van der Waals surface area contributed by atoms with E-state index < -0.39 is 4.92 Å². The Morgan fingerprint density at radius 2 is 2.17 bits per heavy atom. The number of nitrogens with zero attached hydrogens (tertiary/aromatic N) is 1. The number of rotatable bonds is 7. The molecule has 0 saturated heterocycles. The highest BCUT2D eigenvalue weighted by atomic mass is 32.2. The molecule has 0 saturated carbocycles. The molecule has 0 aliphatic carbocycles. The summed E-state index contributed by atoms with van der Waals surface area (Å²) in [7, 11) is 0. The standard InChI is InChI=1S/C13H17NO3S/c1-10(2)6-7-18-9-13(15)11-4-3-5-12(8-11)14(16)17/h3-5,8,10H,6-7,9H2,1-2H3. The first-order chi connectivity index (χ1) is 8.50. The Kier molecular flexibility index (Phi) is 5.85. The summed E-state index contributed by atoms with van der Waals surface area (Å²) in [6.07, 6.45) is 1.08. The smallest absolute Gasteiger partial charge is 0.270 e. The number of nitro groups is 1. The van der Waals surface area contributed by atoms with E-state index in [0.717, 1.165) is 12.2 Å². The summed E-state index contributed by atoms with van der Waals surface area (Å²) in [5, 5.41) is 10.6. The van der Waals surface area contributed by atoms with Crippen molar-refractivity contribution in [2.45, 2.75) is 20.3 Å². The van der Waals surface area contributed by atoms with E-state index in [1.807, 2.05) is 0 Å². The average molecular weight is 267 g/mol. The average Bonchev–Trinajstić information content (AvgIpc) is 2.34. The van der Waals surface area contributed by atoms with Crippen molar-refractivity contribution in [1.29, 1.82) is 0 Å². The minimum atomic E-state index is -0.483. The van der Waals surface area contributed by atoms with Crippen LogP contribution in [0.5, 0.6) is 0 Å². The van der Waals surface area contributed by atoms with Gasteiger partial charge < -0.3 is 0 Å². The van der Waals surface area contributed by atoms with Gasteiger partial charge in [-0.15, -0.1) is 0 Å². The molecule has 18 heavy (non-hydrogen) atoms. The normalized spacial score (nSPS) is 10.6. The number of carbonyl (C=O) groups excluding carboxylic acids is 1. The maximum Gasteiger partial charge on any atom is 0.270 e. The highest BCUT2D eigenvalue weighted by Crippen LogP contribution is 2.16. The van der Waals surface area contributed by atoms with Crippen molar-refractivity contribution in [1.82, 2.24) is 0 Å². The molecule has 0 fully saturated rings. The zero-order valence-electron chi connectivity index (χ0n) is 10.6. The number of hydrogen-bond donors (Lipinski definition) is 0. The highest BCUT2D eigenvalue weighted by Gasteiger charge is 2.11. The second-order valence-electron chi connectivity index (χ2n) is 4.47. The number of nitro benzene ring substituents is 1. The van der Waals surface area contributed by atoms with Crippen LogP contribution >= 0.6 is 11.8 Å². The lowest BCUT2D eigenvalue weighted by molar-refractivity contribution is -0.384. The molecule has 0 radical (unpaired) electrons. The SMILES string of the molecule is CC(C)CCSCC(=O)c1cccc([N+](=O)[O-])c1. The number of carbonyl (C=O) groups is 1. The van der Waals surface area contributed by atoms with Crippen LogP contribution in [0.4, 0.5) is 5.69 Å². The lowest BCUT2D eigenvalue weighted by Gasteiger charge is -2.04. The summed E-state index contributed by atoms with van der Waals surface area (Å²) < 4.78 is 0. The third-order valence-electron chi connectivity index (χ3n) is 2.45. The highest BCUT2D eigenvalue weighted by molar-refractivity contribution is 7.99. The molecule has 98 valence electrons. The number of thioether (sulfide) groups is 1. The van der Waals surface area contributed by atoms with E-state index in [2.05, 4.69) is 13.8 Å². The lowest BCUT2D eigenvalue weighted by atomic mass is 10.1. The molecule has 0 aromatic heterocycles. The van der Waals surface area contributed by atoms with Crippen LogP contribution in [-0.2, 0) is 0 Å². The first-order valence-corrected chi connectivity index (χ1v) is 7.01. The van der Waals surface area contributed by atoms with Gasteiger partial charge in [-0.05, 0) is 18.1 Å². The van der Waals surface area contributed by atoms with Crippen LogP contribution in [0.3, 0.4) is 0 Å². The van der Waals surface area contributed by atoms with Crippen molar-refractivity contribution in [3.63, 3.8) is 0 Å². The first kappa shape index (κ1) is 14.7. The number of Topliss-reactive ketones (excluding diaryl/α,β-unsaturated/α-hetero) is 1. The summed E-state index contributed by atoms with van der Waals surface area (Å²) in [4.78, 5) is 21.9. The number of non-ortho nitro benzene ring substituents is 1. The van der Waals surface area contributed by atoms with Gasteiger partial charge in [0.1, 0.15) is 0 Å². The molecule has 5 heteroatoms. The van der Waals surface area contributed by atoms with Crippen LogP contribution in [-0.4, -0.2) is 22.2 Å². The van der Waals surface area contributed by atoms with E-state index in [1.54, 1.807) is 23.9 Å². The Hall–Kier alpha value is -1.36. The Labute approximate surface area is 111 Å². The molecule has 0 amide bonds. The summed E-state index contributed by atoms with van der Waals surface area (Å²) >= 11 is 1.58. The van der Waals surface area contributed by atoms with Gasteiger partial charge in [0.15, 0.2) is 5.78 Å². The first-order valence-electron chi connectivity index (χ1n) is 5.86. The Morgan fingerprint density at radius 1 is 1.44 bits per heavy atom. The summed E-state index contributed by atoms with van der Waals surface area (Å²) in [6.45, 7) is 4.28. The van der Waals surface area contributed by atoms with Crippen LogP contribution in [0.1, 0.15) is 30.6 Å². The Balaban J connectivity index is 2.51. The number of hydrogen-bond acceptors (Lipinski definition) is 4. The van der Waals surface area contributed by atoms with Gasteiger partial charge in [0.05, 0.1) is 10.7 Å². The predicted molar refractivity (Wildman–Crippen MR) is 74.2 cm³/mol. The van der Waals surface area contributed by atoms with Crippen LogP contribution in [0.2, 0.25) is 0 Å². The van der Waals surface area contributed by atoms with Gasteiger partial charge in [0.25, 0.3) is 5.69 Å². The van der Waals surface area contributed by atoms with Crippen LogP contribution < -0.4 is 0 Å². The van der Waals surface area contributed by atoms with Crippen LogP contribution in [0, 0.1) is 16.0 Å². The minimum Gasteiger partial charge on any atom is -0.293 e. The van der Waals surface area contributed by atoms with Crippen molar-refractivity contribution >= 4 is 23.2 Å². The molecular weight excluding hydrogens is 250 g/mol. The van der Waals surface area contributed by atoms with Gasteiger partial charge in [0, 0.05) is 17.7 Å². The molecule has 0 aliphatic heterocycles. The molecule has 0 N–H and O–H groups in total. The molecule has 0 bridgehead atoms. The third-order valence-corrected chi connectivity index (χ3v) is 3.44. The predicted octanol–water partition coefficient (Wildman–Crippen LogP) is 3.56. The van der Waals surface area contributed by atoms with Gasteiger partial charge >= 0.3 is 0 Å². The summed E-state index contributed by atoms with van der Waals surface area (Å²) in [5.74, 6) is 1.91. The molecule has 4 nitrogen and oxygen atoms in total. The maximum atomic E-state index is 11.8. The fourth-order valence-electron chi connectivity index (χ4n) is 1.36. The fourth-order valence-corrected chi connectivity index (χ4v) is 2.49. The maximum absolute atomic E-state index is 11.8. The van der Waals surface area contributed by atoms with E-state index in [0.29, 0.717) is 17.2 Å². The second kappa shape index (κ2) is 7.16. The van der Waals surface area contributed by atoms with Gasteiger partial charge in [0.2, 0.25) is 0 Å². The van der Waals surface area contributed by atoms with E-state index in [-0.39, 0.29) is 11.5 Å². The monoisotopic (exact) mass is 267 g/mol. The summed E-state index contributed by atoms with van der Waals surface area (Å²) in [6, 6.07) is 5.90. The van der Waals surface area contributed by atoms with E-state index in [4.69, 9.17) is 0 Å². The van der Waals surface area contributed by atoms with E-state index in [9.17, 15) is 14.9 Å². The van der Waals surface area contributed by atoms with Crippen molar-refractivity contribution in [2.75, 3.05) is 11.5 Å². The van der Waals surface area contributed by atoms with Crippen molar-refractivity contribution in [2.24, 2.45) is 5.92 Å². The van der Waals surface area contributed by atoms with Gasteiger partial charge in [-0.2, -0.15) is 11.8 Å². The molecule has 0 spiro atoms. The van der Waals surface area contributed by atoms with Crippen LogP contribution in [0.15, 0.2) is 24.3 Å². The topological polar surface area (TPSA) is 60.2 Å². The minimum absolute atomic E-state index is 0.0342. The van der Waals surface area contributed by atoms with E-state index in [1.165, 1.54) is 12.1 Å². The van der Waals surface area contributed by atoms with Crippen molar-refractivity contribution < 1.29 is 9.72 Å². The molecule has 0 atom stereocenters. The van der Waals surface area contributed by atoms with Gasteiger partial charge in [-0.25, -0.2) is 0 Å². The molecular formula is C13H17NO3S. The molecule has 0 aliphatic rings. The lowest BCUT2D eigenvalue weighted by Crippen LogP contribution is -2.04. The van der Waals surface area contributed by atoms with Crippen molar-refractivity contribution in [3.05, 3.63) is 39.9 Å². The number of benzene rings is 1. The van der Waals surface area contributed by atoms with E-state index >= 15 is 0 Å². The second-order valence-corrected chi connectivity index (χ2v) is 5.57. The van der Waals surface area contributed by atoms with Crippen LogP contribution in [0.25, 0.3) is 0 Å². The third kappa shape index (κ3) is 4.87. The zero-order chi connectivity index (χ0) is 13.5. The van der Waals surface area contributed by atoms with Crippen molar-refractivity contribution in [3.8, 4) is 0 Å². The zero-order valence-corrected chi connectivity index (χ0v) is 11.4. The molecule has 0 unspecified atom stereocenters. The Bertz CT molecular complexity index is 432. The molecule has 1 aromatic carbocycles.